The summed E-state index contributed by atoms with van der Waals surface area (Å²) in [6, 6.07) is 0. The number of aromatic nitrogens is 2. The Morgan fingerprint density at radius 1 is 1.53 bits per heavy atom. The van der Waals surface area contributed by atoms with Gasteiger partial charge in [-0.25, -0.2) is 0 Å². The molecule has 0 saturated heterocycles. The highest BCUT2D eigenvalue weighted by molar-refractivity contribution is 7.99. The summed E-state index contributed by atoms with van der Waals surface area (Å²) in [6.45, 7) is 2.82. The monoisotopic (exact) mass is 275 g/mol. The van der Waals surface area contributed by atoms with Crippen LogP contribution in [0.1, 0.15) is 28.7 Å². The number of hydrogen-bond donors (Lipinski definition) is 2. The van der Waals surface area contributed by atoms with Crippen LogP contribution in [0.4, 0.5) is 0 Å². The largest absolute Gasteiger partial charge is 0.396 e. The summed E-state index contributed by atoms with van der Waals surface area (Å²) in [6.07, 6.45) is 1.53. The number of rotatable bonds is 8. The van der Waals surface area contributed by atoms with Crippen molar-refractivity contribution in [3.63, 3.8) is 0 Å². The maximum Gasteiger partial charge on any atom is 0.264 e. The Bertz CT molecular complexity index is 344. The van der Waals surface area contributed by atoms with Crippen LogP contribution >= 0.6 is 23.3 Å². The second-order valence-corrected chi connectivity index (χ2v) is 5.33. The van der Waals surface area contributed by atoms with E-state index in [-0.39, 0.29) is 12.5 Å². The predicted molar refractivity (Wildman–Crippen MR) is 70.6 cm³/mol. The van der Waals surface area contributed by atoms with Crippen LogP contribution in [0.2, 0.25) is 0 Å². The molecule has 0 spiro atoms. The highest BCUT2D eigenvalue weighted by atomic mass is 32.2. The lowest BCUT2D eigenvalue weighted by atomic mass is 10.3. The zero-order chi connectivity index (χ0) is 12.5. The normalized spacial score (nSPS) is 10.5. The molecule has 0 fully saturated rings. The van der Waals surface area contributed by atoms with E-state index in [1.54, 1.807) is 11.8 Å². The number of amides is 1. The summed E-state index contributed by atoms with van der Waals surface area (Å²) in [4.78, 5) is 12.4. The fourth-order valence-corrected chi connectivity index (χ4v) is 2.65. The number of aryl methyl sites for hydroxylation is 1. The summed E-state index contributed by atoms with van der Waals surface area (Å²) in [5.74, 6) is 1.70. The molecule has 1 rings (SSSR count). The van der Waals surface area contributed by atoms with Gasteiger partial charge in [0.1, 0.15) is 4.88 Å². The van der Waals surface area contributed by atoms with Gasteiger partial charge < -0.3 is 10.4 Å². The number of nitrogens with one attached hydrogen (secondary N) is 1. The van der Waals surface area contributed by atoms with Gasteiger partial charge in [0.25, 0.3) is 5.91 Å². The number of aliphatic hydroxyl groups excluding tert-OH is 1. The summed E-state index contributed by atoms with van der Waals surface area (Å²) < 4.78 is 3.78. The van der Waals surface area contributed by atoms with Crippen molar-refractivity contribution in [1.29, 1.82) is 0 Å². The Labute approximate surface area is 109 Å². The van der Waals surface area contributed by atoms with E-state index in [4.69, 9.17) is 5.11 Å². The number of carbonyl (C=O) groups excluding carboxylic acids is 1. The fraction of sp³-hybridized carbons (Fsp3) is 0.700. The van der Waals surface area contributed by atoms with Gasteiger partial charge in [0.15, 0.2) is 0 Å². The van der Waals surface area contributed by atoms with Crippen molar-refractivity contribution in [3.8, 4) is 0 Å². The molecule has 1 amide bonds. The van der Waals surface area contributed by atoms with Gasteiger partial charge in [-0.05, 0) is 30.1 Å². The third-order valence-corrected chi connectivity index (χ3v) is 3.91. The van der Waals surface area contributed by atoms with E-state index < -0.39 is 0 Å². The van der Waals surface area contributed by atoms with Gasteiger partial charge in [0, 0.05) is 18.9 Å². The van der Waals surface area contributed by atoms with Crippen molar-refractivity contribution in [1.82, 2.24) is 14.9 Å². The minimum absolute atomic E-state index is 0.0837. The molecule has 17 heavy (non-hydrogen) atoms. The highest BCUT2D eigenvalue weighted by Crippen LogP contribution is 2.10. The molecule has 1 aromatic heterocycles. The van der Waals surface area contributed by atoms with Crippen LogP contribution in [0, 0.1) is 0 Å². The molecule has 96 valence electrons. The zero-order valence-electron chi connectivity index (χ0n) is 9.81. The maximum atomic E-state index is 11.7. The van der Waals surface area contributed by atoms with Gasteiger partial charge in [-0.1, -0.05) is 11.4 Å². The standard InChI is InChI=1S/C10H17N3O2S2/c1-2-8-9(17-13-12-8)10(15)11-4-7-16-6-3-5-14/h14H,2-7H2,1H3,(H,11,15). The summed E-state index contributed by atoms with van der Waals surface area (Å²) in [5.41, 5.74) is 0.764. The van der Waals surface area contributed by atoms with Crippen LogP contribution < -0.4 is 5.32 Å². The number of thioether (sulfide) groups is 1. The van der Waals surface area contributed by atoms with Crippen LogP contribution in [-0.4, -0.2) is 45.3 Å². The first-order chi connectivity index (χ1) is 8.29. The van der Waals surface area contributed by atoms with Crippen LogP contribution in [-0.2, 0) is 6.42 Å². The van der Waals surface area contributed by atoms with Gasteiger partial charge >= 0.3 is 0 Å². The van der Waals surface area contributed by atoms with Crippen molar-refractivity contribution >= 4 is 29.2 Å². The Balaban J connectivity index is 2.21. The lowest BCUT2D eigenvalue weighted by Gasteiger charge is -2.03. The smallest absolute Gasteiger partial charge is 0.264 e. The molecule has 0 radical (unpaired) electrons. The Morgan fingerprint density at radius 3 is 3.06 bits per heavy atom. The molecule has 7 heteroatoms. The van der Waals surface area contributed by atoms with E-state index in [9.17, 15) is 4.79 Å². The maximum absolute atomic E-state index is 11.7. The summed E-state index contributed by atoms with van der Waals surface area (Å²) in [5, 5.41) is 15.3. The second-order valence-electron chi connectivity index (χ2n) is 3.35. The van der Waals surface area contributed by atoms with Crippen molar-refractivity contribution < 1.29 is 9.90 Å². The van der Waals surface area contributed by atoms with Gasteiger partial charge in [-0.3, -0.25) is 4.79 Å². The average Bonchev–Trinajstić information content (AvgIpc) is 2.81. The SMILES string of the molecule is CCc1nnsc1C(=O)NCCSCCCO. The zero-order valence-corrected chi connectivity index (χ0v) is 11.4. The topological polar surface area (TPSA) is 75.1 Å². The first-order valence-corrected chi connectivity index (χ1v) is 7.50. The molecule has 1 aromatic rings. The number of carbonyl (C=O) groups is 1. The predicted octanol–water partition coefficient (Wildman–Crippen LogP) is 0.946. The van der Waals surface area contributed by atoms with Crippen LogP contribution in [0.15, 0.2) is 0 Å². The van der Waals surface area contributed by atoms with Gasteiger partial charge in [0.05, 0.1) is 5.69 Å². The molecule has 0 aliphatic carbocycles. The molecule has 0 aliphatic heterocycles. The van der Waals surface area contributed by atoms with E-state index in [0.717, 1.165) is 41.6 Å². The first-order valence-electron chi connectivity index (χ1n) is 5.57. The van der Waals surface area contributed by atoms with Crippen molar-refractivity contribution in [2.75, 3.05) is 24.7 Å². The first kappa shape index (κ1) is 14.4. The highest BCUT2D eigenvalue weighted by Gasteiger charge is 2.13. The minimum atomic E-state index is -0.0837. The Kier molecular flexibility index (Phi) is 7.14. The Morgan fingerprint density at radius 2 is 2.35 bits per heavy atom. The molecule has 0 saturated carbocycles. The quantitative estimate of drug-likeness (QED) is 0.691. The van der Waals surface area contributed by atoms with E-state index in [0.29, 0.717) is 11.4 Å². The fourth-order valence-electron chi connectivity index (χ4n) is 1.20. The van der Waals surface area contributed by atoms with Crippen LogP contribution in [0.3, 0.4) is 0 Å². The van der Waals surface area contributed by atoms with Crippen molar-refractivity contribution in [2.24, 2.45) is 0 Å². The molecular weight excluding hydrogens is 258 g/mol. The van der Waals surface area contributed by atoms with Gasteiger partial charge in [-0.15, -0.1) is 5.10 Å². The minimum Gasteiger partial charge on any atom is -0.396 e. The summed E-state index contributed by atoms with van der Waals surface area (Å²) >= 11 is 2.87. The second kappa shape index (κ2) is 8.43. The number of nitrogens with zero attached hydrogens (tertiary/aromatic N) is 2. The summed E-state index contributed by atoms with van der Waals surface area (Å²) in [7, 11) is 0. The molecule has 0 unspecified atom stereocenters. The van der Waals surface area contributed by atoms with Gasteiger partial charge in [-0.2, -0.15) is 11.8 Å². The molecule has 0 bridgehead atoms. The molecule has 5 nitrogen and oxygen atoms in total. The number of hydrogen-bond acceptors (Lipinski definition) is 6. The van der Waals surface area contributed by atoms with Crippen molar-refractivity contribution in [2.45, 2.75) is 19.8 Å². The van der Waals surface area contributed by atoms with E-state index >= 15 is 0 Å². The molecule has 0 aliphatic rings. The molecule has 0 atom stereocenters. The molecular formula is C10H17N3O2S2. The van der Waals surface area contributed by atoms with E-state index in [1.807, 2.05) is 6.92 Å². The third-order valence-electron chi connectivity index (χ3n) is 2.08. The van der Waals surface area contributed by atoms with E-state index in [1.165, 1.54) is 0 Å². The number of aliphatic hydroxyl groups is 1. The Hall–Kier alpha value is -0.660. The molecule has 1 heterocycles. The third kappa shape index (κ3) is 5.01. The average molecular weight is 275 g/mol. The lowest BCUT2D eigenvalue weighted by Crippen LogP contribution is -2.25. The van der Waals surface area contributed by atoms with Gasteiger partial charge in [0.2, 0.25) is 0 Å². The molecule has 2 N–H and O–H groups in total. The van der Waals surface area contributed by atoms with Crippen LogP contribution in [0.25, 0.3) is 0 Å². The van der Waals surface area contributed by atoms with E-state index in [2.05, 4.69) is 14.9 Å². The molecule has 0 aromatic carbocycles. The van der Waals surface area contributed by atoms with Crippen molar-refractivity contribution in [3.05, 3.63) is 10.6 Å². The lowest BCUT2D eigenvalue weighted by molar-refractivity contribution is 0.0959. The van der Waals surface area contributed by atoms with Crippen LogP contribution in [0.5, 0.6) is 0 Å².